The van der Waals surface area contributed by atoms with Crippen molar-refractivity contribution in [3.05, 3.63) is 35.9 Å². The average Bonchev–Trinajstić information content (AvgIpc) is 2.43. The molecule has 0 aliphatic carbocycles. The molecule has 21 heavy (non-hydrogen) atoms. The van der Waals surface area contributed by atoms with Gasteiger partial charge in [0.1, 0.15) is 6.04 Å². The summed E-state index contributed by atoms with van der Waals surface area (Å²) < 4.78 is 4.77. The van der Waals surface area contributed by atoms with Gasteiger partial charge >= 0.3 is 12.0 Å². The Hall–Kier alpha value is -2.04. The first-order valence-electron chi connectivity index (χ1n) is 6.89. The number of carbonyl (C=O) groups is 2. The summed E-state index contributed by atoms with van der Waals surface area (Å²) >= 11 is 0. The first kappa shape index (κ1) is 17.0. The fraction of sp³-hybridized carbons (Fsp3) is 0.500. The average molecular weight is 292 g/mol. The molecule has 0 fully saturated rings. The number of nitrogens with one attached hydrogen (secondary N) is 1. The van der Waals surface area contributed by atoms with E-state index in [9.17, 15) is 9.59 Å². The summed E-state index contributed by atoms with van der Waals surface area (Å²) in [5, 5.41) is 2.74. The Balaban J connectivity index is 2.71. The van der Waals surface area contributed by atoms with Crippen LogP contribution in [0.15, 0.2) is 30.3 Å². The van der Waals surface area contributed by atoms with E-state index in [-0.39, 0.29) is 6.03 Å². The maximum absolute atomic E-state index is 12.2. The predicted octanol–water partition coefficient (Wildman–Crippen LogP) is 2.42. The van der Waals surface area contributed by atoms with Gasteiger partial charge in [0.15, 0.2) is 0 Å². The molecule has 2 amide bonds. The number of amides is 2. The molecule has 0 saturated carbocycles. The summed E-state index contributed by atoms with van der Waals surface area (Å²) in [5.74, 6) is -0.441. The summed E-state index contributed by atoms with van der Waals surface area (Å²) in [6.07, 6.45) is 0. The van der Waals surface area contributed by atoms with Gasteiger partial charge in [-0.2, -0.15) is 0 Å². The molecular weight excluding hydrogens is 268 g/mol. The maximum atomic E-state index is 12.2. The van der Waals surface area contributed by atoms with E-state index < -0.39 is 17.4 Å². The molecule has 1 rings (SSSR count). The van der Waals surface area contributed by atoms with Gasteiger partial charge in [-0.05, 0) is 11.0 Å². The van der Waals surface area contributed by atoms with Crippen LogP contribution < -0.4 is 5.32 Å². The molecule has 5 heteroatoms. The van der Waals surface area contributed by atoms with Crippen LogP contribution in [-0.2, 0) is 16.1 Å². The normalized spacial score (nSPS) is 12.4. The Morgan fingerprint density at radius 3 is 2.29 bits per heavy atom. The molecule has 1 atom stereocenters. The molecule has 0 radical (unpaired) electrons. The first-order chi connectivity index (χ1) is 9.75. The summed E-state index contributed by atoms with van der Waals surface area (Å²) in [5.41, 5.74) is 0.608. The van der Waals surface area contributed by atoms with Gasteiger partial charge in [0, 0.05) is 13.6 Å². The number of benzene rings is 1. The summed E-state index contributed by atoms with van der Waals surface area (Å²) in [7, 11) is 3.01. The van der Waals surface area contributed by atoms with Crippen LogP contribution in [0.2, 0.25) is 0 Å². The maximum Gasteiger partial charge on any atom is 0.328 e. The Bertz CT molecular complexity index is 480. The predicted molar refractivity (Wildman–Crippen MR) is 81.7 cm³/mol. The van der Waals surface area contributed by atoms with E-state index in [1.807, 2.05) is 51.1 Å². The van der Waals surface area contributed by atoms with E-state index >= 15 is 0 Å². The zero-order valence-electron chi connectivity index (χ0n) is 13.3. The minimum Gasteiger partial charge on any atom is -0.467 e. The lowest BCUT2D eigenvalue weighted by Crippen LogP contribution is -2.52. The van der Waals surface area contributed by atoms with Gasteiger partial charge < -0.3 is 15.0 Å². The smallest absolute Gasteiger partial charge is 0.328 e. The highest BCUT2D eigenvalue weighted by Gasteiger charge is 2.34. The van der Waals surface area contributed by atoms with Crippen molar-refractivity contribution in [2.24, 2.45) is 5.41 Å². The third kappa shape index (κ3) is 5.10. The van der Waals surface area contributed by atoms with Crippen LogP contribution in [0.4, 0.5) is 4.79 Å². The Labute approximate surface area is 126 Å². The fourth-order valence-corrected chi connectivity index (χ4v) is 1.91. The molecule has 5 nitrogen and oxygen atoms in total. The zero-order valence-corrected chi connectivity index (χ0v) is 13.3. The third-order valence-corrected chi connectivity index (χ3v) is 3.18. The lowest BCUT2D eigenvalue weighted by molar-refractivity contribution is -0.145. The molecule has 0 aromatic heterocycles. The largest absolute Gasteiger partial charge is 0.467 e. The lowest BCUT2D eigenvalue weighted by atomic mass is 9.87. The number of hydrogen-bond acceptors (Lipinski definition) is 3. The molecule has 0 unspecified atom stereocenters. The molecule has 1 N–H and O–H groups in total. The fourth-order valence-electron chi connectivity index (χ4n) is 1.91. The van der Waals surface area contributed by atoms with Crippen LogP contribution >= 0.6 is 0 Å². The van der Waals surface area contributed by atoms with E-state index in [1.165, 1.54) is 12.0 Å². The van der Waals surface area contributed by atoms with Crippen molar-refractivity contribution in [1.29, 1.82) is 0 Å². The van der Waals surface area contributed by atoms with Crippen molar-refractivity contribution in [2.45, 2.75) is 33.4 Å². The van der Waals surface area contributed by atoms with Gasteiger partial charge in [-0.25, -0.2) is 9.59 Å². The Morgan fingerprint density at radius 1 is 1.24 bits per heavy atom. The molecule has 0 aliphatic heterocycles. The molecule has 0 spiro atoms. The van der Waals surface area contributed by atoms with Crippen molar-refractivity contribution in [3.63, 3.8) is 0 Å². The monoisotopic (exact) mass is 292 g/mol. The van der Waals surface area contributed by atoms with Gasteiger partial charge in [-0.1, -0.05) is 51.1 Å². The van der Waals surface area contributed by atoms with Crippen LogP contribution in [0.25, 0.3) is 0 Å². The standard InChI is InChI=1S/C16H24N2O3/c1-16(2,3)13(14(19)21-5)17-15(20)18(4)11-12-9-7-6-8-10-12/h6-10,13H,11H2,1-5H3,(H,17,20)/t13-/m1/s1. The third-order valence-electron chi connectivity index (χ3n) is 3.18. The molecule has 0 bridgehead atoms. The van der Waals surface area contributed by atoms with E-state index in [1.54, 1.807) is 7.05 Å². The van der Waals surface area contributed by atoms with Gasteiger partial charge in [-0.15, -0.1) is 0 Å². The van der Waals surface area contributed by atoms with Gasteiger partial charge in [-0.3, -0.25) is 0 Å². The second kappa shape index (κ2) is 7.11. The highest BCUT2D eigenvalue weighted by Crippen LogP contribution is 2.20. The number of urea groups is 1. The second-order valence-electron chi connectivity index (χ2n) is 6.11. The van der Waals surface area contributed by atoms with Crippen molar-refractivity contribution in [1.82, 2.24) is 10.2 Å². The second-order valence-corrected chi connectivity index (χ2v) is 6.11. The molecule has 116 valence electrons. The van der Waals surface area contributed by atoms with E-state index in [0.29, 0.717) is 6.54 Å². The summed E-state index contributed by atoms with van der Waals surface area (Å²) in [6.45, 7) is 6.12. The number of rotatable bonds is 4. The van der Waals surface area contributed by atoms with Crippen LogP contribution in [0.1, 0.15) is 26.3 Å². The molecule has 1 aromatic carbocycles. The molecule has 0 aliphatic rings. The number of esters is 1. The van der Waals surface area contributed by atoms with Crippen molar-refractivity contribution < 1.29 is 14.3 Å². The van der Waals surface area contributed by atoms with Crippen LogP contribution in [0.5, 0.6) is 0 Å². The van der Waals surface area contributed by atoms with Crippen molar-refractivity contribution in [3.8, 4) is 0 Å². The number of nitrogens with zero attached hydrogens (tertiary/aromatic N) is 1. The highest BCUT2D eigenvalue weighted by molar-refractivity contribution is 5.84. The molecule has 0 heterocycles. The van der Waals surface area contributed by atoms with E-state index in [4.69, 9.17) is 4.74 Å². The summed E-state index contributed by atoms with van der Waals surface area (Å²) in [6, 6.07) is 8.69. The van der Waals surface area contributed by atoms with Gasteiger partial charge in [0.2, 0.25) is 0 Å². The van der Waals surface area contributed by atoms with Crippen LogP contribution in [0, 0.1) is 5.41 Å². The number of ether oxygens (including phenoxy) is 1. The van der Waals surface area contributed by atoms with E-state index in [2.05, 4.69) is 5.32 Å². The number of hydrogen-bond donors (Lipinski definition) is 1. The molecule has 0 saturated heterocycles. The summed E-state index contributed by atoms with van der Waals surface area (Å²) in [4.78, 5) is 25.6. The Kier molecular flexibility index (Phi) is 5.76. The molecular formula is C16H24N2O3. The number of methoxy groups -OCH3 is 1. The first-order valence-corrected chi connectivity index (χ1v) is 6.89. The van der Waals surface area contributed by atoms with Crippen LogP contribution in [0.3, 0.4) is 0 Å². The zero-order chi connectivity index (χ0) is 16.0. The number of carbonyl (C=O) groups excluding carboxylic acids is 2. The highest BCUT2D eigenvalue weighted by atomic mass is 16.5. The van der Waals surface area contributed by atoms with Gasteiger partial charge in [0.25, 0.3) is 0 Å². The minimum atomic E-state index is -0.687. The molecule has 1 aromatic rings. The van der Waals surface area contributed by atoms with Gasteiger partial charge in [0.05, 0.1) is 7.11 Å². The van der Waals surface area contributed by atoms with Crippen molar-refractivity contribution in [2.75, 3.05) is 14.2 Å². The SMILES string of the molecule is COC(=O)[C@@H](NC(=O)N(C)Cc1ccccc1)C(C)(C)C. The Morgan fingerprint density at radius 2 is 1.81 bits per heavy atom. The van der Waals surface area contributed by atoms with Crippen LogP contribution in [-0.4, -0.2) is 37.1 Å². The van der Waals surface area contributed by atoms with E-state index in [0.717, 1.165) is 5.56 Å². The lowest BCUT2D eigenvalue weighted by Gasteiger charge is -2.30. The minimum absolute atomic E-state index is 0.302. The topological polar surface area (TPSA) is 58.6 Å². The van der Waals surface area contributed by atoms with Crippen molar-refractivity contribution >= 4 is 12.0 Å². The quantitative estimate of drug-likeness (QED) is 0.867.